The highest BCUT2D eigenvalue weighted by atomic mass is 16.5. The monoisotopic (exact) mass is 316 g/mol. The summed E-state index contributed by atoms with van der Waals surface area (Å²) in [6.07, 6.45) is 2.78. The third-order valence-corrected chi connectivity index (χ3v) is 4.87. The number of rotatable bonds is 3. The van der Waals surface area contributed by atoms with E-state index in [1.807, 2.05) is 31.2 Å². The summed E-state index contributed by atoms with van der Waals surface area (Å²) < 4.78 is 5.82. The van der Waals surface area contributed by atoms with Gasteiger partial charge in [-0.25, -0.2) is 0 Å². The molecule has 0 bridgehead atoms. The standard InChI is InChI=1S/C19H28N2O2/c1-14-6-4-7-17(10-14)19(22)21-9-5-8-18(21)13-20-11-15(2)23-16(3)12-20/h4,6-7,10,15-16,18H,5,8-9,11-13H2,1-3H3/t15-,16+,18-/m0/s1. The van der Waals surface area contributed by atoms with Crippen molar-refractivity contribution in [2.24, 2.45) is 0 Å². The van der Waals surface area contributed by atoms with Crippen LogP contribution in [0.5, 0.6) is 0 Å². The predicted octanol–water partition coefficient (Wildman–Crippen LogP) is 2.71. The number of benzene rings is 1. The van der Waals surface area contributed by atoms with Gasteiger partial charge in [0.15, 0.2) is 0 Å². The number of aryl methyl sites for hydroxylation is 1. The summed E-state index contributed by atoms with van der Waals surface area (Å²) in [6, 6.07) is 8.27. The Morgan fingerprint density at radius 3 is 2.70 bits per heavy atom. The van der Waals surface area contributed by atoms with Crippen molar-refractivity contribution in [1.82, 2.24) is 9.80 Å². The molecule has 3 rings (SSSR count). The van der Waals surface area contributed by atoms with Crippen LogP contribution in [-0.2, 0) is 4.74 Å². The van der Waals surface area contributed by atoms with Crippen molar-refractivity contribution in [3.05, 3.63) is 35.4 Å². The molecule has 0 aromatic heterocycles. The maximum absolute atomic E-state index is 12.9. The summed E-state index contributed by atoms with van der Waals surface area (Å²) in [4.78, 5) is 17.4. The van der Waals surface area contributed by atoms with Crippen molar-refractivity contribution in [2.45, 2.75) is 51.9 Å². The van der Waals surface area contributed by atoms with Crippen LogP contribution in [-0.4, -0.2) is 60.1 Å². The van der Waals surface area contributed by atoms with Crippen molar-refractivity contribution in [3.63, 3.8) is 0 Å². The van der Waals surface area contributed by atoms with Gasteiger partial charge < -0.3 is 9.64 Å². The first-order valence-corrected chi connectivity index (χ1v) is 8.78. The van der Waals surface area contributed by atoms with E-state index in [0.29, 0.717) is 6.04 Å². The van der Waals surface area contributed by atoms with Gasteiger partial charge in [0.1, 0.15) is 0 Å². The van der Waals surface area contributed by atoms with Crippen LogP contribution >= 0.6 is 0 Å². The first-order chi connectivity index (χ1) is 11.0. The molecule has 1 aromatic carbocycles. The van der Waals surface area contributed by atoms with Crippen LogP contribution < -0.4 is 0 Å². The van der Waals surface area contributed by atoms with Crippen molar-refractivity contribution in [3.8, 4) is 0 Å². The van der Waals surface area contributed by atoms with E-state index in [-0.39, 0.29) is 18.1 Å². The number of amides is 1. The molecule has 2 fully saturated rings. The second-order valence-corrected chi connectivity index (χ2v) is 7.14. The molecule has 3 atom stereocenters. The van der Waals surface area contributed by atoms with Crippen LogP contribution in [0.15, 0.2) is 24.3 Å². The van der Waals surface area contributed by atoms with E-state index in [4.69, 9.17) is 4.74 Å². The van der Waals surface area contributed by atoms with E-state index in [9.17, 15) is 4.79 Å². The summed E-state index contributed by atoms with van der Waals surface area (Å²) in [5.41, 5.74) is 1.96. The average Bonchev–Trinajstić information content (AvgIpc) is 2.93. The Balaban J connectivity index is 1.66. The fraction of sp³-hybridized carbons (Fsp3) is 0.632. The summed E-state index contributed by atoms with van der Waals surface area (Å²) in [6.45, 7) is 10.1. The second kappa shape index (κ2) is 7.02. The molecule has 0 radical (unpaired) electrons. The molecule has 2 heterocycles. The van der Waals surface area contributed by atoms with Crippen LogP contribution in [0.25, 0.3) is 0 Å². The maximum atomic E-state index is 12.9. The van der Waals surface area contributed by atoms with E-state index in [1.165, 1.54) is 0 Å². The topological polar surface area (TPSA) is 32.8 Å². The number of hydrogen-bond acceptors (Lipinski definition) is 3. The molecular formula is C19H28N2O2. The molecule has 1 amide bonds. The highest BCUT2D eigenvalue weighted by molar-refractivity contribution is 5.94. The molecule has 4 nitrogen and oxygen atoms in total. The van der Waals surface area contributed by atoms with E-state index < -0.39 is 0 Å². The van der Waals surface area contributed by atoms with Crippen molar-refractivity contribution < 1.29 is 9.53 Å². The number of hydrogen-bond donors (Lipinski definition) is 0. The molecule has 1 aromatic rings. The molecule has 126 valence electrons. The summed E-state index contributed by atoms with van der Waals surface area (Å²) >= 11 is 0. The zero-order valence-electron chi connectivity index (χ0n) is 14.5. The van der Waals surface area contributed by atoms with Crippen molar-refractivity contribution >= 4 is 5.91 Å². The van der Waals surface area contributed by atoms with E-state index in [2.05, 4.69) is 23.6 Å². The summed E-state index contributed by atoms with van der Waals surface area (Å²) in [5.74, 6) is 0.186. The molecule has 0 saturated carbocycles. The van der Waals surface area contributed by atoms with Crippen LogP contribution in [0, 0.1) is 6.92 Å². The van der Waals surface area contributed by atoms with Crippen LogP contribution in [0.4, 0.5) is 0 Å². The van der Waals surface area contributed by atoms with Gasteiger partial charge in [0.05, 0.1) is 12.2 Å². The third kappa shape index (κ3) is 3.93. The van der Waals surface area contributed by atoms with Gasteiger partial charge in [-0.3, -0.25) is 9.69 Å². The fourth-order valence-corrected chi connectivity index (χ4v) is 3.97. The van der Waals surface area contributed by atoms with E-state index in [0.717, 1.165) is 50.1 Å². The minimum Gasteiger partial charge on any atom is -0.373 e. The lowest BCUT2D eigenvalue weighted by atomic mass is 10.1. The second-order valence-electron chi connectivity index (χ2n) is 7.14. The van der Waals surface area contributed by atoms with Gasteiger partial charge in [0.25, 0.3) is 5.91 Å². The highest BCUT2D eigenvalue weighted by Gasteiger charge is 2.32. The average molecular weight is 316 g/mol. The zero-order chi connectivity index (χ0) is 16.4. The molecule has 4 heteroatoms. The first kappa shape index (κ1) is 16.5. The van der Waals surface area contributed by atoms with Gasteiger partial charge in [0, 0.05) is 37.8 Å². The lowest BCUT2D eigenvalue weighted by molar-refractivity contribution is -0.0715. The van der Waals surface area contributed by atoms with Crippen LogP contribution in [0.2, 0.25) is 0 Å². The first-order valence-electron chi connectivity index (χ1n) is 8.78. The summed E-state index contributed by atoms with van der Waals surface area (Å²) in [5, 5.41) is 0. The number of likely N-dealkylation sites (tertiary alicyclic amines) is 1. The molecule has 0 spiro atoms. The normalized spacial score (nSPS) is 29.0. The van der Waals surface area contributed by atoms with Gasteiger partial charge in [-0.05, 0) is 45.7 Å². The van der Waals surface area contributed by atoms with Gasteiger partial charge in [-0.2, -0.15) is 0 Å². The van der Waals surface area contributed by atoms with E-state index >= 15 is 0 Å². The third-order valence-electron chi connectivity index (χ3n) is 4.87. The number of carbonyl (C=O) groups is 1. The number of nitrogens with zero attached hydrogens (tertiary/aromatic N) is 2. The minimum atomic E-state index is 0.186. The lowest BCUT2D eigenvalue weighted by Crippen LogP contribution is -2.50. The Morgan fingerprint density at radius 2 is 2.00 bits per heavy atom. The zero-order valence-corrected chi connectivity index (χ0v) is 14.5. The molecule has 2 aliphatic heterocycles. The molecule has 0 unspecified atom stereocenters. The van der Waals surface area contributed by atoms with Crippen molar-refractivity contribution in [1.29, 1.82) is 0 Å². The number of morpholine rings is 1. The quantitative estimate of drug-likeness (QED) is 0.859. The molecule has 23 heavy (non-hydrogen) atoms. The Hall–Kier alpha value is -1.39. The number of ether oxygens (including phenoxy) is 1. The van der Waals surface area contributed by atoms with Crippen LogP contribution in [0.3, 0.4) is 0 Å². The van der Waals surface area contributed by atoms with E-state index in [1.54, 1.807) is 0 Å². The number of carbonyl (C=O) groups excluding carboxylic acids is 1. The Labute approximate surface area is 139 Å². The molecule has 2 saturated heterocycles. The predicted molar refractivity (Wildman–Crippen MR) is 91.7 cm³/mol. The smallest absolute Gasteiger partial charge is 0.254 e. The van der Waals surface area contributed by atoms with Gasteiger partial charge in [0.2, 0.25) is 0 Å². The minimum absolute atomic E-state index is 0.186. The SMILES string of the molecule is Cc1cccc(C(=O)N2CCC[C@H]2CN2C[C@@H](C)O[C@@H](C)C2)c1. The van der Waals surface area contributed by atoms with Gasteiger partial charge in [-0.1, -0.05) is 17.7 Å². The maximum Gasteiger partial charge on any atom is 0.254 e. The Kier molecular flexibility index (Phi) is 5.02. The van der Waals surface area contributed by atoms with Crippen LogP contribution in [0.1, 0.15) is 42.6 Å². The largest absolute Gasteiger partial charge is 0.373 e. The lowest BCUT2D eigenvalue weighted by Gasteiger charge is -2.38. The molecule has 0 aliphatic carbocycles. The Morgan fingerprint density at radius 1 is 1.26 bits per heavy atom. The van der Waals surface area contributed by atoms with Gasteiger partial charge >= 0.3 is 0 Å². The van der Waals surface area contributed by atoms with Crippen molar-refractivity contribution in [2.75, 3.05) is 26.2 Å². The molecule has 2 aliphatic rings. The van der Waals surface area contributed by atoms with Gasteiger partial charge in [-0.15, -0.1) is 0 Å². The Bertz CT molecular complexity index is 550. The summed E-state index contributed by atoms with van der Waals surface area (Å²) in [7, 11) is 0. The highest BCUT2D eigenvalue weighted by Crippen LogP contribution is 2.23. The molecule has 0 N–H and O–H groups in total. The fourth-order valence-electron chi connectivity index (χ4n) is 3.97. The molecular weight excluding hydrogens is 288 g/mol.